The first kappa shape index (κ1) is 13.0. The molecule has 0 unspecified atom stereocenters. The van der Waals surface area contributed by atoms with E-state index in [1.165, 1.54) is 0 Å². The lowest BCUT2D eigenvalue weighted by molar-refractivity contribution is -0.105. The van der Waals surface area contributed by atoms with Crippen molar-refractivity contribution in [2.45, 2.75) is 10.6 Å². The van der Waals surface area contributed by atoms with Crippen molar-refractivity contribution in [2.24, 2.45) is 0 Å². The van der Waals surface area contributed by atoms with Crippen molar-refractivity contribution < 1.29 is 4.79 Å². The SMILES string of the molecule is O=CNc1ccccc1SCc1cccc(Cl)c1. The summed E-state index contributed by atoms with van der Waals surface area (Å²) in [6.45, 7) is 0. The second kappa shape index (κ2) is 6.47. The minimum Gasteiger partial charge on any atom is -0.328 e. The van der Waals surface area contributed by atoms with Gasteiger partial charge in [0.05, 0.1) is 5.69 Å². The number of benzene rings is 2. The molecule has 0 aliphatic carbocycles. The van der Waals surface area contributed by atoms with E-state index in [2.05, 4.69) is 5.32 Å². The predicted octanol–water partition coefficient (Wildman–Crippen LogP) is 4.20. The Labute approximate surface area is 115 Å². The first-order valence-corrected chi connectivity index (χ1v) is 6.82. The Kier molecular flexibility index (Phi) is 4.67. The van der Waals surface area contributed by atoms with Crippen LogP contribution in [0.5, 0.6) is 0 Å². The second-order valence-electron chi connectivity index (χ2n) is 3.68. The number of nitrogens with one attached hydrogen (secondary N) is 1. The zero-order valence-corrected chi connectivity index (χ0v) is 11.2. The summed E-state index contributed by atoms with van der Waals surface area (Å²) in [7, 11) is 0. The lowest BCUT2D eigenvalue weighted by atomic mass is 10.2. The van der Waals surface area contributed by atoms with E-state index in [1.54, 1.807) is 11.8 Å². The third-order valence-corrected chi connectivity index (χ3v) is 3.76. The van der Waals surface area contributed by atoms with Gasteiger partial charge in [0.2, 0.25) is 6.41 Å². The maximum Gasteiger partial charge on any atom is 0.211 e. The van der Waals surface area contributed by atoms with E-state index >= 15 is 0 Å². The molecule has 0 heterocycles. The molecule has 0 saturated carbocycles. The minimum absolute atomic E-state index is 0.693. The normalized spacial score (nSPS) is 10.1. The zero-order valence-electron chi connectivity index (χ0n) is 9.60. The molecule has 18 heavy (non-hydrogen) atoms. The lowest BCUT2D eigenvalue weighted by Gasteiger charge is -2.07. The Hall–Kier alpha value is -1.45. The molecule has 2 nitrogen and oxygen atoms in total. The number of hydrogen-bond donors (Lipinski definition) is 1. The largest absolute Gasteiger partial charge is 0.328 e. The molecule has 0 fully saturated rings. The standard InChI is InChI=1S/C14H12ClNOS/c15-12-5-3-4-11(8-12)9-18-14-7-2-1-6-13(14)16-10-17/h1-8,10H,9H2,(H,16,17). The summed E-state index contributed by atoms with van der Waals surface area (Å²) in [5.41, 5.74) is 1.99. The maximum atomic E-state index is 10.5. The number of carbonyl (C=O) groups excluding carboxylic acids is 1. The van der Waals surface area contributed by atoms with Crippen molar-refractivity contribution in [3.8, 4) is 0 Å². The summed E-state index contributed by atoms with van der Waals surface area (Å²) in [6, 6.07) is 15.5. The third kappa shape index (κ3) is 3.52. The van der Waals surface area contributed by atoms with E-state index in [-0.39, 0.29) is 0 Å². The molecule has 0 radical (unpaired) electrons. The van der Waals surface area contributed by atoms with Crippen molar-refractivity contribution in [1.29, 1.82) is 0 Å². The van der Waals surface area contributed by atoms with Crippen molar-refractivity contribution in [1.82, 2.24) is 0 Å². The van der Waals surface area contributed by atoms with Crippen LogP contribution in [0, 0.1) is 0 Å². The monoisotopic (exact) mass is 277 g/mol. The van der Waals surface area contributed by atoms with Gasteiger partial charge in [0, 0.05) is 15.7 Å². The number of halogens is 1. The topological polar surface area (TPSA) is 29.1 Å². The van der Waals surface area contributed by atoms with Gasteiger partial charge in [-0.2, -0.15) is 0 Å². The van der Waals surface area contributed by atoms with Crippen LogP contribution in [-0.4, -0.2) is 6.41 Å². The quantitative estimate of drug-likeness (QED) is 0.655. The Morgan fingerprint density at radius 1 is 1.17 bits per heavy atom. The Bertz CT molecular complexity index is 545. The highest BCUT2D eigenvalue weighted by Gasteiger charge is 2.02. The molecule has 1 N–H and O–H groups in total. The Morgan fingerprint density at radius 3 is 2.78 bits per heavy atom. The fraction of sp³-hybridized carbons (Fsp3) is 0.0714. The molecule has 0 bridgehead atoms. The van der Waals surface area contributed by atoms with Crippen LogP contribution >= 0.6 is 23.4 Å². The average Bonchev–Trinajstić information content (AvgIpc) is 2.38. The van der Waals surface area contributed by atoms with Crippen LogP contribution in [0.15, 0.2) is 53.4 Å². The summed E-state index contributed by atoms with van der Waals surface area (Å²) in [6.07, 6.45) is 0.693. The second-order valence-corrected chi connectivity index (χ2v) is 5.13. The molecular formula is C14H12ClNOS. The third-order valence-electron chi connectivity index (χ3n) is 2.38. The molecule has 0 atom stereocenters. The highest BCUT2D eigenvalue weighted by atomic mass is 35.5. The molecule has 0 aliphatic rings. The molecule has 92 valence electrons. The van der Waals surface area contributed by atoms with Gasteiger partial charge in [-0.25, -0.2) is 0 Å². The van der Waals surface area contributed by atoms with Crippen LogP contribution in [0.2, 0.25) is 5.02 Å². The molecule has 2 aromatic rings. The first-order valence-electron chi connectivity index (χ1n) is 5.46. The van der Waals surface area contributed by atoms with Gasteiger partial charge in [0.1, 0.15) is 0 Å². The van der Waals surface area contributed by atoms with Crippen molar-refractivity contribution >= 4 is 35.5 Å². The minimum atomic E-state index is 0.693. The molecule has 0 aliphatic heterocycles. The van der Waals surface area contributed by atoms with Crippen LogP contribution in [0.25, 0.3) is 0 Å². The van der Waals surface area contributed by atoms with E-state index in [1.807, 2.05) is 48.5 Å². The van der Waals surface area contributed by atoms with Crippen LogP contribution in [-0.2, 0) is 10.5 Å². The molecular weight excluding hydrogens is 266 g/mol. The fourth-order valence-corrected chi connectivity index (χ4v) is 2.73. The van der Waals surface area contributed by atoms with Crippen molar-refractivity contribution in [3.05, 3.63) is 59.1 Å². The van der Waals surface area contributed by atoms with Gasteiger partial charge in [-0.05, 0) is 29.8 Å². The maximum absolute atomic E-state index is 10.5. The number of hydrogen-bond acceptors (Lipinski definition) is 2. The van der Waals surface area contributed by atoms with Gasteiger partial charge in [-0.1, -0.05) is 35.9 Å². The highest BCUT2D eigenvalue weighted by molar-refractivity contribution is 7.98. The highest BCUT2D eigenvalue weighted by Crippen LogP contribution is 2.29. The summed E-state index contributed by atoms with van der Waals surface area (Å²) in [5, 5.41) is 3.44. The lowest BCUT2D eigenvalue weighted by Crippen LogP contribution is -1.95. The van der Waals surface area contributed by atoms with E-state index < -0.39 is 0 Å². The molecule has 0 aromatic heterocycles. The van der Waals surface area contributed by atoms with Crippen LogP contribution in [0.1, 0.15) is 5.56 Å². The first-order chi connectivity index (χ1) is 8.79. The van der Waals surface area contributed by atoms with Gasteiger partial charge in [0.25, 0.3) is 0 Å². The predicted molar refractivity (Wildman–Crippen MR) is 77.1 cm³/mol. The van der Waals surface area contributed by atoms with Crippen molar-refractivity contribution in [3.63, 3.8) is 0 Å². The molecule has 1 amide bonds. The number of rotatable bonds is 5. The Morgan fingerprint density at radius 2 is 2.00 bits per heavy atom. The van der Waals surface area contributed by atoms with Gasteiger partial charge < -0.3 is 5.32 Å². The van der Waals surface area contributed by atoms with E-state index in [4.69, 9.17) is 11.6 Å². The van der Waals surface area contributed by atoms with Gasteiger partial charge in [-0.3, -0.25) is 4.79 Å². The molecule has 2 aromatic carbocycles. The van der Waals surface area contributed by atoms with E-state index in [0.717, 1.165) is 26.9 Å². The van der Waals surface area contributed by atoms with Gasteiger partial charge in [0.15, 0.2) is 0 Å². The van der Waals surface area contributed by atoms with Crippen LogP contribution in [0.3, 0.4) is 0 Å². The van der Waals surface area contributed by atoms with Crippen LogP contribution in [0.4, 0.5) is 5.69 Å². The summed E-state index contributed by atoms with van der Waals surface area (Å²) in [5.74, 6) is 0.818. The number of carbonyl (C=O) groups is 1. The number of thioether (sulfide) groups is 1. The number of anilines is 1. The van der Waals surface area contributed by atoms with Crippen LogP contribution < -0.4 is 5.32 Å². The smallest absolute Gasteiger partial charge is 0.211 e. The van der Waals surface area contributed by atoms with Gasteiger partial charge in [-0.15, -0.1) is 11.8 Å². The Balaban J connectivity index is 2.08. The molecule has 4 heteroatoms. The fourth-order valence-electron chi connectivity index (χ4n) is 1.56. The van der Waals surface area contributed by atoms with E-state index in [9.17, 15) is 4.79 Å². The van der Waals surface area contributed by atoms with Gasteiger partial charge >= 0.3 is 0 Å². The molecule has 2 rings (SSSR count). The summed E-state index contributed by atoms with van der Waals surface area (Å²) < 4.78 is 0. The van der Waals surface area contributed by atoms with E-state index in [0.29, 0.717) is 6.41 Å². The van der Waals surface area contributed by atoms with Crippen molar-refractivity contribution in [2.75, 3.05) is 5.32 Å². The molecule has 0 spiro atoms. The summed E-state index contributed by atoms with van der Waals surface area (Å²) >= 11 is 7.61. The molecule has 0 saturated heterocycles. The number of para-hydroxylation sites is 1. The number of amides is 1. The zero-order chi connectivity index (χ0) is 12.8. The summed E-state index contributed by atoms with van der Waals surface area (Å²) in [4.78, 5) is 11.6. The average molecular weight is 278 g/mol.